The molecule has 1 aromatic carbocycles. The van der Waals surface area contributed by atoms with Gasteiger partial charge >= 0.3 is 5.97 Å². The zero-order valence-electron chi connectivity index (χ0n) is 12.9. The van der Waals surface area contributed by atoms with Crippen LogP contribution in [0.4, 0.5) is 0 Å². The van der Waals surface area contributed by atoms with Crippen LogP contribution in [0.25, 0.3) is 11.0 Å². The minimum absolute atomic E-state index is 0.334. The fourth-order valence-corrected chi connectivity index (χ4v) is 2.75. The van der Waals surface area contributed by atoms with Gasteiger partial charge in [-0.15, -0.1) is 11.3 Å². The van der Waals surface area contributed by atoms with Gasteiger partial charge in [0.25, 0.3) is 5.91 Å². The summed E-state index contributed by atoms with van der Waals surface area (Å²) in [5, 5.41) is 4.68. The highest BCUT2D eigenvalue weighted by atomic mass is 32.1. The fourth-order valence-electron chi connectivity index (χ4n) is 2.10. The Morgan fingerprint density at radius 2 is 2.00 bits per heavy atom. The molecule has 0 aliphatic heterocycles. The Morgan fingerprint density at radius 3 is 2.75 bits per heavy atom. The quantitative estimate of drug-likeness (QED) is 0.721. The van der Waals surface area contributed by atoms with Gasteiger partial charge in [0.15, 0.2) is 6.10 Å². The first-order valence-electron chi connectivity index (χ1n) is 7.35. The molecule has 1 atom stereocenters. The maximum atomic E-state index is 12.2. The van der Waals surface area contributed by atoms with E-state index in [4.69, 9.17) is 4.74 Å². The third-order valence-electron chi connectivity index (χ3n) is 3.38. The third kappa shape index (κ3) is 3.75. The largest absolute Gasteiger partial charge is 0.449 e. The smallest absolute Gasteiger partial charge is 0.338 e. The molecule has 0 saturated carbocycles. The minimum Gasteiger partial charge on any atom is -0.449 e. The predicted octanol–water partition coefficient (Wildman–Crippen LogP) is 2.55. The zero-order valence-corrected chi connectivity index (χ0v) is 13.7. The molecule has 0 fully saturated rings. The van der Waals surface area contributed by atoms with E-state index >= 15 is 0 Å². The van der Waals surface area contributed by atoms with Crippen molar-refractivity contribution in [3.8, 4) is 0 Å². The van der Waals surface area contributed by atoms with Crippen LogP contribution in [0.1, 0.15) is 22.2 Å². The Balaban J connectivity index is 1.61. The van der Waals surface area contributed by atoms with E-state index in [1.807, 2.05) is 17.5 Å². The summed E-state index contributed by atoms with van der Waals surface area (Å²) < 4.78 is 5.22. The highest BCUT2D eigenvalue weighted by Crippen LogP contribution is 2.13. The van der Waals surface area contributed by atoms with E-state index in [2.05, 4.69) is 15.3 Å². The first kappa shape index (κ1) is 16.1. The Morgan fingerprint density at radius 1 is 1.21 bits per heavy atom. The number of aromatic nitrogens is 2. The second-order valence-electron chi connectivity index (χ2n) is 5.10. The van der Waals surface area contributed by atoms with Gasteiger partial charge < -0.3 is 10.1 Å². The van der Waals surface area contributed by atoms with Gasteiger partial charge in [-0.3, -0.25) is 14.8 Å². The number of amides is 1. The maximum Gasteiger partial charge on any atom is 0.338 e. The topological polar surface area (TPSA) is 81.2 Å². The van der Waals surface area contributed by atoms with Crippen LogP contribution < -0.4 is 5.32 Å². The summed E-state index contributed by atoms with van der Waals surface area (Å²) in [5.74, 6) is -0.904. The number of hydrogen-bond acceptors (Lipinski definition) is 6. The van der Waals surface area contributed by atoms with Crippen molar-refractivity contribution < 1.29 is 14.3 Å². The predicted molar refractivity (Wildman–Crippen MR) is 90.6 cm³/mol. The third-order valence-corrected chi connectivity index (χ3v) is 4.25. The molecule has 1 unspecified atom stereocenters. The SMILES string of the molecule is CC(OC(=O)c1ccc2nccnc2c1)C(=O)NCc1cccs1. The first-order chi connectivity index (χ1) is 11.6. The highest BCUT2D eigenvalue weighted by molar-refractivity contribution is 7.09. The second kappa shape index (κ2) is 7.18. The van der Waals surface area contributed by atoms with Gasteiger partial charge in [0, 0.05) is 17.3 Å². The van der Waals surface area contributed by atoms with Crippen LogP contribution in [0.15, 0.2) is 48.1 Å². The van der Waals surface area contributed by atoms with E-state index in [9.17, 15) is 9.59 Å². The first-order valence-corrected chi connectivity index (χ1v) is 8.23. The molecule has 2 heterocycles. The summed E-state index contributed by atoms with van der Waals surface area (Å²) in [6.07, 6.45) is 2.26. The van der Waals surface area contributed by atoms with Crippen LogP contribution in [0.3, 0.4) is 0 Å². The molecule has 0 radical (unpaired) electrons. The number of carbonyl (C=O) groups excluding carboxylic acids is 2. The number of benzene rings is 1. The lowest BCUT2D eigenvalue weighted by molar-refractivity contribution is -0.129. The minimum atomic E-state index is -0.880. The lowest BCUT2D eigenvalue weighted by atomic mass is 10.2. The van der Waals surface area contributed by atoms with E-state index in [0.29, 0.717) is 23.1 Å². The van der Waals surface area contributed by atoms with E-state index in [1.165, 1.54) is 0 Å². The lowest BCUT2D eigenvalue weighted by Crippen LogP contribution is -2.35. The number of rotatable bonds is 5. The van der Waals surface area contributed by atoms with Crippen molar-refractivity contribution in [1.82, 2.24) is 15.3 Å². The van der Waals surface area contributed by atoms with Crippen molar-refractivity contribution in [2.24, 2.45) is 0 Å². The Bertz CT molecular complexity index is 864. The molecule has 3 aromatic rings. The molecule has 7 heteroatoms. The Labute approximate surface area is 142 Å². The summed E-state index contributed by atoms with van der Waals surface area (Å²) in [7, 11) is 0. The normalized spacial score (nSPS) is 11.9. The summed E-state index contributed by atoms with van der Waals surface area (Å²) >= 11 is 1.55. The summed E-state index contributed by atoms with van der Waals surface area (Å²) in [5.41, 5.74) is 1.62. The van der Waals surface area contributed by atoms with Crippen LogP contribution in [-0.4, -0.2) is 27.9 Å². The number of ether oxygens (including phenoxy) is 1. The molecule has 24 heavy (non-hydrogen) atoms. The van der Waals surface area contributed by atoms with Crippen LogP contribution in [-0.2, 0) is 16.1 Å². The molecule has 1 N–H and O–H groups in total. The molecule has 2 aromatic heterocycles. The number of fused-ring (bicyclic) bond motifs is 1. The van der Waals surface area contributed by atoms with E-state index in [0.717, 1.165) is 4.88 Å². The van der Waals surface area contributed by atoms with E-state index in [-0.39, 0.29) is 5.91 Å². The van der Waals surface area contributed by atoms with Crippen molar-refractivity contribution in [2.75, 3.05) is 0 Å². The number of thiophene rings is 1. The van der Waals surface area contributed by atoms with Gasteiger partial charge in [-0.1, -0.05) is 6.07 Å². The van der Waals surface area contributed by atoms with Crippen molar-refractivity contribution in [3.05, 3.63) is 58.5 Å². The van der Waals surface area contributed by atoms with Crippen LogP contribution in [0, 0.1) is 0 Å². The average molecular weight is 341 g/mol. The maximum absolute atomic E-state index is 12.2. The summed E-state index contributed by atoms with van der Waals surface area (Å²) in [4.78, 5) is 33.5. The molecule has 0 bridgehead atoms. The molecule has 3 rings (SSSR count). The van der Waals surface area contributed by atoms with E-state index in [1.54, 1.807) is 48.9 Å². The van der Waals surface area contributed by atoms with Crippen LogP contribution >= 0.6 is 11.3 Å². The number of hydrogen-bond donors (Lipinski definition) is 1. The van der Waals surface area contributed by atoms with Crippen molar-refractivity contribution in [2.45, 2.75) is 19.6 Å². The number of carbonyl (C=O) groups is 2. The molecule has 0 spiro atoms. The molecular formula is C17H15N3O3S. The molecule has 0 aliphatic carbocycles. The molecule has 0 aliphatic rings. The van der Waals surface area contributed by atoms with Gasteiger partial charge in [0.05, 0.1) is 23.1 Å². The Hall–Kier alpha value is -2.80. The van der Waals surface area contributed by atoms with Crippen molar-refractivity contribution in [3.63, 3.8) is 0 Å². The highest BCUT2D eigenvalue weighted by Gasteiger charge is 2.19. The number of esters is 1. The van der Waals surface area contributed by atoms with Crippen molar-refractivity contribution >= 4 is 34.2 Å². The summed E-state index contributed by atoms with van der Waals surface area (Å²) in [6.45, 7) is 1.96. The second-order valence-corrected chi connectivity index (χ2v) is 6.14. The lowest BCUT2D eigenvalue weighted by Gasteiger charge is -2.13. The monoisotopic (exact) mass is 341 g/mol. The van der Waals surface area contributed by atoms with Crippen LogP contribution in [0.5, 0.6) is 0 Å². The molecule has 122 valence electrons. The fraction of sp³-hybridized carbons (Fsp3) is 0.176. The Kier molecular flexibility index (Phi) is 4.81. The molecule has 6 nitrogen and oxygen atoms in total. The van der Waals surface area contributed by atoms with Gasteiger partial charge in [-0.2, -0.15) is 0 Å². The molecule has 0 saturated heterocycles. The number of nitrogens with zero attached hydrogens (tertiary/aromatic N) is 2. The molecular weight excluding hydrogens is 326 g/mol. The molecule has 1 amide bonds. The van der Waals surface area contributed by atoms with Gasteiger partial charge in [-0.25, -0.2) is 4.79 Å². The number of nitrogens with one attached hydrogen (secondary N) is 1. The zero-order chi connectivity index (χ0) is 16.9. The standard InChI is InChI=1S/C17H15N3O3S/c1-11(16(21)20-10-13-3-2-8-24-13)23-17(22)12-4-5-14-15(9-12)19-7-6-18-14/h2-9,11H,10H2,1H3,(H,20,21). The van der Waals surface area contributed by atoms with E-state index < -0.39 is 12.1 Å². The van der Waals surface area contributed by atoms with Gasteiger partial charge in [0.1, 0.15) is 0 Å². The van der Waals surface area contributed by atoms with Crippen molar-refractivity contribution in [1.29, 1.82) is 0 Å². The van der Waals surface area contributed by atoms with Gasteiger partial charge in [0.2, 0.25) is 0 Å². The summed E-state index contributed by atoms with van der Waals surface area (Å²) in [6, 6.07) is 8.74. The van der Waals surface area contributed by atoms with Gasteiger partial charge in [-0.05, 0) is 36.6 Å². The van der Waals surface area contributed by atoms with Crippen LogP contribution in [0.2, 0.25) is 0 Å². The average Bonchev–Trinajstić information content (AvgIpc) is 3.12.